The molecular formula is C13H24N4O2. The fourth-order valence-corrected chi connectivity index (χ4v) is 3.03. The highest BCUT2D eigenvalue weighted by Crippen LogP contribution is 2.30. The Kier molecular flexibility index (Phi) is 4.29. The quantitative estimate of drug-likeness (QED) is 0.704. The van der Waals surface area contributed by atoms with Crippen LogP contribution in [0.4, 0.5) is 4.79 Å². The number of urea groups is 1. The van der Waals surface area contributed by atoms with Gasteiger partial charge in [0.15, 0.2) is 0 Å². The third kappa shape index (κ3) is 3.00. The van der Waals surface area contributed by atoms with Crippen LogP contribution >= 0.6 is 0 Å². The number of hydrogen-bond acceptors (Lipinski definition) is 3. The molecule has 1 atom stereocenters. The van der Waals surface area contributed by atoms with E-state index >= 15 is 0 Å². The van der Waals surface area contributed by atoms with Crippen LogP contribution in [-0.2, 0) is 4.79 Å². The van der Waals surface area contributed by atoms with Crippen molar-refractivity contribution in [3.8, 4) is 0 Å². The lowest BCUT2D eigenvalue weighted by Crippen LogP contribution is -2.63. The Balaban J connectivity index is 2.08. The van der Waals surface area contributed by atoms with E-state index in [0.717, 1.165) is 25.9 Å². The standard InChI is InChI=1S/C13H24N4O2/c1-3-14-12(19)17-9-8-16(2)13(10-17)5-4-11(18)15-7-6-13/h3-10H2,1-2H3,(H,14,19)(H,15,18). The van der Waals surface area contributed by atoms with E-state index in [9.17, 15) is 9.59 Å². The van der Waals surface area contributed by atoms with Crippen molar-refractivity contribution in [1.29, 1.82) is 0 Å². The van der Waals surface area contributed by atoms with Crippen molar-refractivity contribution in [3.05, 3.63) is 0 Å². The molecule has 0 aromatic heterocycles. The fourth-order valence-electron chi connectivity index (χ4n) is 3.03. The maximum absolute atomic E-state index is 12.0. The Morgan fingerprint density at radius 3 is 2.95 bits per heavy atom. The van der Waals surface area contributed by atoms with Gasteiger partial charge in [0, 0.05) is 44.7 Å². The first-order valence-electron chi connectivity index (χ1n) is 7.08. The topological polar surface area (TPSA) is 64.7 Å². The van der Waals surface area contributed by atoms with Gasteiger partial charge in [0.1, 0.15) is 0 Å². The van der Waals surface area contributed by atoms with Crippen LogP contribution in [0, 0.1) is 0 Å². The van der Waals surface area contributed by atoms with Gasteiger partial charge in [-0.25, -0.2) is 4.79 Å². The molecule has 2 saturated heterocycles. The monoisotopic (exact) mass is 268 g/mol. The number of nitrogens with one attached hydrogen (secondary N) is 2. The van der Waals surface area contributed by atoms with Crippen molar-refractivity contribution in [2.24, 2.45) is 0 Å². The van der Waals surface area contributed by atoms with Gasteiger partial charge in [-0.15, -0.1) is 0 Å². The van der Waals surface area contributed by atoms with Gasteiger partial charge in [-0.1, -0.05) is 0 Å². The van der Waals surface area contributed by atoms with Gasteiger partial charge in [-0.2, -0.15) is 0 Å². The predicted octanol–water partition coefficient (Wildman–Crippen LogP) is 0.00220. The zero-order chi connectivity index (χ0) is 13.9. The summed E-state index contributed by atoms with van der Waals surface area (Å²) >= 11 is 0. The summed E-state index contributed by atoms with van der Waals surface area (Å²) in [5.41, 5.74) is -0.0531. The van der Waals surface area contributed by atoms with E-state index in [4.69, 9.17) is 0 Å². The number of carbonyl (C=O) groups excluding carboxylic acids is 2. The van der Waals surface area contributed by atoms with Crippen molar-refractivity contribution < 1.29 is 9.59 Å². The first-order valence-corrected chi connectivity index (χ1v) is 7.08. The van der Waals surface area contributed by atoms with E-state index in [1.54, 1.807) is 0 Å². The highest BCUT2D eigenvalue weighted by Gasteiger charge is 2.41. The minimum Gasteiger partial charge on any atom is -0.356 e. The molecule has 2 N–H and O–H groups in total. The fraction of sp³-hybridized carbons (Fsp3) is 0.846. The van der Waals surface area contributed by atoms with Crippen LogP contribution in [0.5, 0.6) is 0 Å². The SMILES string of the molecule is CCNC(=O)N1CCN(C)C2(CCNC(=O)CC2)C1. The van der Waals surface area contributed by atoms with E-state index < -0.39 is 0 Å². The second-order valence-corrected chi connectivity index (χ2v) is 5.50. The molecule has 0 saturated carbocycles. The molecule has 2 aliphatic rings. The van der Waals surface area contributed by atoms with Crippen LogP contribution in [0.1, 0.15) is 26.2 Å². The maximum atomic E-state index is 12.0. The Labute approximate surface area is 114 Å². The zero-order valence-electron chi connectivity index (χ0n) is 11.9. The summed E-state index contributed by atoms with van der Waals surface area (Å²) in [5, 5.41) is 5.78. The summed E-state index contributed by atoms with van der Waals surface area (Å²) in [6.45, 7) is 5.61. The zero-order valence-corrected chi connectivity index (χ0v) is 11.9. The molecule has 1 spiro atoms. The number of piperazine rings is 1. The van der Waals surface area contributed by atoms with Gasteiger partial charge in [0.25, 0.3) is 0 Å². The lowest BCUT2D eigenvalue weighted by atomic mass is 9.86. The number of nitrogens with zero attached hydrogens (tertiary/aromatic N) is 2. The average molecular weight is 268 g/mol. The summed E-state index contributed by atoms with van der Waals surface area (Å²) in [6.07, 6.45) is 2.28. The van der Waals surface area contributed by atoms with Crippen LogP contribution in [0.2, 0.25) is 0 Å². The third-order valence-corrected chi connectivity index (χ3v) is 4.35. The normalized spacial score (nSPS) is 28.9. The number of carbonyl (C=O) groups is 2. The molecule has 0 aliphatic carbocycles. The largest absolute Gasteiger partial charge is 0.356 e. The molecule has 2 fully saturated rings. The van der Waals surface area contributed by atoms with Crippen molar-refractivity contribution in [3.63, 3.8) is 0 Å². The molecule has 6 nitrogen and oxygen atoms in total. The molecule has 2 heterocycles. The first-order chi connectivity index (χ1) is 9.07. The Morgan fingerprint density at radius 1 is 1.42 bits per heavy atom. The Morgan fingerprint density at radius 2 is 2.21 bits per heavy atom. The lowest BCUT2D eigenvalue weighted by molar-refractivity contribution is -0.121. The van der Waals surface area contributed by atoms with Crippen molar-refractivity contribution in [2.45, 2.75) is 31.7 Å². The van der Waals surface area contributed by atoms with Crippen molar-refractivity contribution in [1.82, 2.24) is 20.4 Å². The number of likely N-dealkylation sites (N-methyl/N-ethyl adjacent to an activating group) is 1. The highest BCUT2D eigenvalue weighted by molar-refractivity contribution is 5.76. The molecule has 6 heteroatoms. The average Bonchev–Trinajstić information content (AvgIpc) is 2.57. The molecule has 19 heavy (non-hydrogen) atoms. The third-order valence-electron chi connectivity index (χ3n) is 4.35. The Bertz CT molecular complexity index is 361. The molecule has 1 unspecified atom stereocenters. The lowest BCUT2D eigenvalue weighted by Gasteiger charge is -2.49. The predicted molar refractivity (Wildman–Crippen MR) is 72.9 cm³/mol. The second-order valence-electron chi connectivity index (χ2n) is 5.50. The van der Waals surface area contributed by atoms with Crippen LogP contribution < -0.4 is 10.6 Å². The second kappa shape index (κ2) is 5.77. The minimum atomic E-state index is -0.0531. The van der Waals surface area contributed by atoms with E-state index in [0.29, 0.717) is 26.1 Å². The molecule has 2 rings (SSSR count). The van der Waals surface area contributed by atoms with Crippen LogP contribution in [0.25, 0.3) is 0 Å². The van der Waals surface area contributed by atoms with Gasteiger partial charge < -0.3 is 15.5 Å². The first kappa shape index (κ1) is 14.1. The van der Waals surface area contributed by atoms with Crippen molar-refractivity contribution in [2.75, 3.05) is 39.8 Å². The van der Waals surface area contributed by atoms with Gasteiger partial charge in [0.05, 0.1) is 0 Å². The van der Waals surface area contributed by atoms with Crippen molar-refractivity contribution >= 4 is 11.9 Å². The summed E-state index contributed by atoms with van der Waals surface area (Å²) in [6, 6.07) is 0.0125. The Hall–Kier alpha value is -1.30. The number of amides is 3. The molecule has 3 amide bonds. The van der Waals surface area contributed by atoms with E-state index in [1.165, 1.54) is 0 Å². The van der Waals surface area contributed by atoms with Gasteiger partial charge in [0.2, 0.25) is 5.91 Å². The molecule has 0 aromatic rings. The molecule has 0 bridgehead atoms. The minimum absolute atomic E-state index is 0.0125. The van der Waals surface area contributed by atoms with E-state index in [2.05, 4.69) is 22.6 Å². The van der Waals surface area contributed by atoms with Crippen LogP contribution in [0.15, 0.2) is 0 Å². The molecule has 2 aliphatic heterocycles. The smallest absolute Gasteiger partial charge is 0.317 e. The number of hydrogen-bond donors (Lipinski definition) is 2. The summed E-state index contributed by atoms with van der Waals surface area (Å²) in [4.78, 5) is 27.7. The van der Waals surface area contributed by atoms with E-state index in [1.807, 2.05) is 11.8 Å². The van der Waals surface area contributed by atoms with Gasteiger partial charge in [-0.3, -0.25) is 9.69 Å². The summed E-state index contributed by atoms with van der Waals surface area (Å²) < 4.78 is 0. The van der Waals surface area contributed by atoms with Gasteiger partial charge >= 0.3 is 6.03 Å². The van der Waals surface area contributed by atoms with E-state index in [-0.39, 0.29) is 17.5 Å². The molecule has 0 radical (unpaired) electrons. The molecule has 108 valence electrons. The summed E-state index contributed by atoms with van der Waals surface area (Å²) in [5.74, 6) is 0.125. The molecular weight excluding hydrogens is 244 g/mol. The van der Waals surface area contributed by atoms with Crippen LogP contribution in [0.3, 0.4) is 0 Å². The maximum Gasteiger partial charge on any atom is 0.317 e. The van der Waals surface area contributed by atoms with Gasteiger partial charge in [-0.05, 0) is 26.8 Å². The van der Waals surface area contributed by atoms with Crippen LogP contribution in [-0.4, -0.2) is 67.0 Å². The summed E-state index contributed by atoms with van der Waals surface area (Å²) in [7, 11) is 2.10. The highest BCUT2D eigenvalue weighted by atomic mass is 16.2. The molecule has 0 aromatic carbocycles. The number of rotatable bonds is 1.